The van der Waals surface area contributed by atoms with Crippen LogP contribution in [0.5, 0.6) is 0 Å². The molecular weight excluding hydrogens is 532 g/mol. The van der Waals surface area contributed by atoms with E-state index in [4.69, 9.17) is 16.3 Å². The van der Waals surface area contributed by atoms with E-state index in [1.165, 1.54) is 4.90 Å². The van der Waals surface area contributed by atoms with E-state index in [9.17, 15) is 19.8 Å². The Hall–Kier alpha value is -3.50. The zero-order valence-corrected chi connectivity index (χ0v) is 22.8. The van der Waals surface area contributed by atoms with E-state index >= 15 is 0 Å². The number of benzene rings is 2. The van der Waals surface area contributed by atoms with Gasteiger partial charge in [0.25, 0.3) is 11.8 Å². The minimum atomic E-state index is -1.90. The van der Waals surface area contributed by atoms with Crippen LogP contribution in [0.15, 0.2) is 66.9 Å². The van der Waals surface area contributed by atoms with E-state index in [-0.39, 0.29) is 12.6 Å². The number of morpholine rings is 1. The average Bonchev–Trinajstić information content (AvgIpc) is 3.50. The summed E-state index contributed by atoms with van der Waals surface area (Å²) in [5, 5.41) is 24.2. The van der Waals surface area contributed by atoms with Crippen LogP contribution in [-0.4, -0.2) is 77.0 Å². The molecule has 3 N–H and O–H groups in total. The number of hydrogen-bond donors (Lipinski definition) is 3. The largest absolute Gasteiger partial charge is 0.380 e. The predicted octanol–water partition coefficient (Wildman–Crippen LogP) is 2.94. The van der Waals surface area contributed by atoms with E-state index in [0.29, 0.717) is 31.2 Å². The molecule has 0 spiro atoms. The number of pyridine rings is 1. The molecule has 40 heavy (non-hydrogen) atoms. The monoisotopic (exact) mass is 564 g/mol. The van der Waals surface area contributed by atoms with Crippen LogP contribution in [0.25, 0.3) is 11.3 Å². The Bertz CT molecular complexity index is 1330. The van der Waals surface area contributed by atoms with Gasteiger partial charge in [0.1, 0.15) is 0 Å². The second-order valence-electron chi connectivity index (χ2n) is 10.0. The Labute approximate surface area is 238 Å². The summed E-state index contributed by atoms with van der Waals surface area (Å²) >= 11 is 6.11. The zero-order valence-electron chi connectivity index (χ0n) is 22.1. The highest BCUT2D eigenvalue weighted by Crippen LogP contribution is 2.34. The number of anilines is 1. The van der Waals surface area contributed by atoms with Crippen molar-refractivity contribution in [2.45, 2.75) is 37.6 Å². The lowest BCUT2D eigenvalue weighted by Crippen LogP contribution is -2.50. The Kier molecular flexibility index (Phi) is 8.96. The van der Waals surface area contributed by atoms with Crippen molar-refractivity contribution in [3.8, 4) is 11.3 Å². The van der Waals surface area contributed by atoms with Crippen LogP contribution in [0, 0.1) is 0 Å². The second kappa shape index (κ2) is 12.8. The summed E-state index contributed by atoms with van der Waals surface area (Å²) in [4.78, 5) is 34.0. The lowest BCUT2D eigenvalue weighted by Gasteiger charge is -2.30. The molecule has 1 unspecified atom stereocenters. The number of aliphatic hydroxyl groups excluding tert-OH is 2. The van der Waals surface area contributed by atoms with E-state index in [2.05, 4.69) is 21.3 Å². The standard InChI is InChI=1S/C30H33ClN4O5/c31-22-6-3-5-21(17-22)25-9-4-12-35(25)30(39)28(37)27(36)29(38)33-19-20-10-11-24(32-18-20)23-7-1-2-8-26(23)34-13-15-40-16-14-34/h1-3,5-8,10-11,17-18,25,27-28,36-37H,4,9,12-16,19H2,(H,33,38)/t25?,27-,28-/m1/s1. The molecule has 2 aliphatic rings. The number of nitrogens with zero attached hydrogens (tertiary/aromatic N) is 3. The quantitative estimate of drug-likeness (QED) is 0.385. The van der Waals surface area contributed by atoms with Gasteiger partial charge in [0.15, 0.2) is 12.2 Å². The first-order valence-electron chi connectivity index (χ1n) is 13.5. The molecular formula is C30H33ClN4O5. The Morgan fingerprint density at radius 3 is 2.58 bits per heavy atom. The predicted molar refractivity (Wildman–Crippen MR) is 152 cm³/mol. The zero-order chi connectivity index (χ0) is 28.1. The third-order valence-electron chi connectivity index (χ3n) is 7.41. The molecule has 0 aliphatic carbocycles. The van der Waals surface area contributed by atoms with Gasteiger partial charge < -0.3 is 30.1 Å². The molecule has 9 nitrogen and oxygen atoms in total. The number of amides is 2. The first-order valence-corrected chi connectivity index (χ1v) is 13.9. The number of nitrogens with one attached hydrogen (secondary N) is 1. The molecule has 2 aliphatic heterocycles. The lowest BCUT2D eigenvalue weighted by atomic mass is 10.0. The van der Waals surface area contributed by atoms with Crippen molar-refractivity contribution < 1.29 is 24.5 Å². The number of aliphatic hydroxyl groups is 2. The van der Waals surface area contributed by atoms with E-state index in [0.717, 1.165) is 47.6 Å². The summed E-state index contributed by atoms with van der Waals surface area (Å²) in [6, 6.07) is 18.8. The van der Waals surface area contributed by atoms with Gasteiger partial charge in [0.05, 0.1) is 24.9 Å². The van der Waals surface area contributed by atoms with Gasteiger partial charge in [-0.1, -0.05) is 48.0 Å². The van der Waals surface area contributed by atoms with Crippen LogP contribution < -0.4 is 10.2 Å². The molecule has 0 radical (unpaired) electrons. The van der Waals surface area contributed by atoms with Gasteiger partial charge in [0, 0.05) is 48.6 Å². The fraction of sp³-hybridized carbons (Fsp3) is 0.367. The second-order valence-corrected chi connectivity index (χ2v) is 10.5. The van der Waals surface area contributed by atoms with E-state index < -0.39 is 24.0 Å². The van der Waals surface area contributed by atoms with Crippen LogP contribution in [0.1, 0.15) is 30.0 Å². The normalized spacial score (nSPS) is 18.8. The molecule has 2 saturated heterocycles. The molecule has 5 rings (SSSR count). The third kappa shape index (κ3) is 6.28. The van der Waals surface area contributed by atoms with Crippen LogP contribution in [0.3, 0.4) is 0 Å². The summed E-state index contributed by atoms with van der Waals surface area (Å²) in [6.07, 6.45) is -0.657. The molecule has 2 amide bonds. The van der Waals surface area contributed by atoms with Gasteiger partial charge in [-0.15, -0.1) is 0 Å². The molecule has 2 aromatic carbocycles. The molecule has 3 heterocycles. The first kappa shape index (κ1) is 28.0. The number of aromatic nitrogens is 1. The topological polar surface area (TPSA) is 115 Å². The van der Waals surface area contributed by atoms with Gasteiger partial charge in [-0.25, -0.2) is 0 Å². The lowest BCUT2D eigenvalue weighted by molar-refractivity contribution is -0.153. The van der Waals surface area contributed by atoms with Crippen LogP contribution in [0.4, 0.5) is 5.69 Å². The maximum Gasteiger partial charge on any atom is 0.255 e. The number of carbonyl (C=O) groups is 2. The van der Waals surface area contributed by atoms with Crippen LogP contribution in [-0.2, 0) is 20.9 Å². The molecule has 0 saturated carbocycles. The molecule has 10 heteroatoms. The number of rotatable bonds is 8. The molecule has 1 aromatic heterocycles. The molecule has 2 fully saturated rings. The summed E-state index contributed by atoms with van der Waals surface area (Å²) in [5.74, 6) is -1.52. The fourth-order valence-electron chi connectivity index (χ4n) is 5.29. The SMILES string of the molecule is O=C(NCc1ccc(-c2ccccc2N2CCOCC2)nc1)[C@H](O)[C@@H](O)C(=O)N1CCCC1c1cccc(Cl)c1. The highest BCUT2D eigenvalue weighted by molar-refractivity contribution is 6.30. The third-order valence-corrected chi connectivity index (χ3v) is 7.65. The van der Waals surface area contributed by atoms with Crippen molar-refractivity contribution in [3.63, 3.8) is 0 Å². The molecule has 3 atom stereocenters. The van der Waals surface area contributed by atoms with Gasteiger partial charge in [-0.3, -0.25) is 14.6 Å². The smallest absolute Gasteiger partial charge is 0.255 e. The van der Waals surface area contributed by atoms with Crippen molar-refractivity contribution in [2.24, 2.45) is 0 Å². The number of likely N-dealkylation sites (tertiary alicyclic amines) is 1. The van der Waals surface area contributed by atoms with Gasteiger partial charge in [-0.2, -0.15) is 0 Å². The first-order chi connectivity index (χ1) is 19.4. The number of halogens is 1. The molecule has 0 bridgehead atoms. The number of ether oxygens (including phenoxy) is 1. The number of hydrogen-bond acceptors (Lipinski definition) is 7. The Morgan fingerprint density at radius 2 is 1.82 bits per heavy atom. The summed E-state index contributed by atoms with van der Waals surface area (Å²) in [6.45, 7) is 3.52. The number of carbonyl (C=O) groups excluding carboxylic acids is 2. The van der Waals surface area contributed by atoms with Crippen molar-refractivity contribution in [3.05, 3.63) is 83.0 Å². The van der Waals surface area contributed by atoms with Gasteiger partial charge in [0.2, 0.25) is 0 Å². The van der Waals surface area contributed by atoms with Crippen LogP contribution in [0.2, 0.25) is 5.02 Å². The van der Waals surface area contributed by atoms with Crippen molar-refractivity contribution >= 4 is 29.1 Å². The van der Waals surface area contributed by atoms with E-state index in [1.54, 1.807) is 18.3 Å². The van der Waals surface area contributed by atoms with Gasteiger partial charge >= 0.3 is 0 Å². The molecule has 3 aromatic rings. The van der Waals surface area contributed by atoms with Crippen molar-refractivity contribution in [1.29, 1.82) is 0 Å². The molecule has 210 valence electrons. The Morgan fingerprint density at radius 1 is 1.02 bits per heavy atom. The van der Waals surface area contributed by atoms with E-state index in [1.807, 2.05) is 42.5 Å². The fourth-order valence-corrected chi connectivity index (χ4v) is 5.49. The van der Waals surface area contributed by atoms with Crippen molar-refractivity contribution in [1.82, 2.24) is 15.2 Å². The maximum atomic E-state index is 13.0. The number of para-hydroxylation sites is 1. The Balaban J connectivity index is 1.18. The summed E-state index contributed by atoms with van der Waals surface area (Å²) in [5.41, 5.74) is 4.48. The highest BCUT2D eigenvalue weighted by atomic mass is 35.5. The maximum absolute atomic E-state index is 13.0. The highest BCUT2D eigenvalue weighted by Gasteiger charge is 2.38. The van der Waals surface area contributed by atoms with Gasteiger partial charge in [-0.05, 0) is 48.2 Å². The summed E-state index contributed by atoms with van der Waals surface area (Å²) < 4.78 is 5.48. The summed E-state index contributed by atoms with van der Waals surface area (Å²) in [7, 11) is 0. The average molecular weight is 565 g/mol. The minimum absolute atomic E-state index is 0.0873. The minimum Gasteiger partial charge on any atom is -0.380 e. The van der Waals surface area contributed by atoms with Crippen molar-refractivity contribution in [2.75, 3.05) is 37.7 Å². The van der Waals surface area contributed by atoms with Crippen LogP contribution >= 0.6 is 11.6 Å².